The van der Waals surface area contributed by atoms with Crippen LogP contribution in [0.5, 0.6) is 0 Å². The number of rotatable bonds is 4. The maximum Gasteiger partial charge on any atom is 0.319 e. The molecule has 0 aliphatic rings. The minimum absolute atomic E-state index is 0.129. The first-order valence-corrected chi connectivity index (χ1v) is 6.15. The van der Waals surface area contributed by atoms with Gasteiger partial charge in [0.2, 0.25) is 0 Å². The average Bonchev–Trinajstić information content (AvgIpc) is 2.33. The standard InChI is InChI=1S/C13H16ClN3O/c1-3-10(6-7-15)16-13(18)17-11-5-4-9(2)12(14)8-11/h4-5,8,10H,3,6H2,1-2H3,(H2,16,17,18). The monoisotopic (exact) mass is 265 g/mol. The lowest BCUT2D eigenvalue weighted by Gasteiger charge is -2.14. The summed E-state index contributed by atoms with van der Waals surface area (Å²) in [6.45, 7) is 3.82. The van der Waals surface area contributed by atoms with E-state index in [1.165, 1.54) is 0 Å². The van der Waals surface area contributed by atoms with Gasteiger partial charge in [-0.1, -0.05) is 24.6 Å². The third kappa shape index (κ3) is 4.27. The number of urea groups is 1. The Labute approximate surface area is 112 Å². The van der Waals surface area contributed by atoms with E-state index in [4.69, 9.17) is 16.9 Å². The SMILES string of the molecule is CCC(CC#N)NC(=O)Nc1ccc(C)c(Cl)c1. The van der Waals surface area contributed by atoms with Crippen molar-refractivity contribution in [2.45, 2.75) is 32.7 Å². The molecule has 1 aromatic rings. The molecule has 0 radical (unpaired) electrons. The van der Waals surface area contributed by atoms with Crippen LogP contribution < -0.4 is 10.6 Å². The van der Waals surface area contributed by atoms with Gasteiger partial charge >= 0.3 is 6.03 Å². The molecule has 0 heterocycles. The zero-order valence-corrected chi connectivity index (χ0v) is 11.2. The van der Waals surface area contributed by atoms with Crippen LogP contribution in [0.3, 0.4) is 0 Å². The molecule has 0 saturated heterocycles. The van der Waals surface area contributed by atoms with E-state index in [0.717, 1.165) is 12.0 Å². The zero-order valence-electron chi connectivity index (χ0n) is 10.5. The number of amides is 2. The summed E-state index contributed by atoms with van der Waals surface area (Å²) < 4.78 is 0. The number of carbonyl (C=O) groups is 1. The molecule has 1 atom stereocenters. The van der Waals surface area contributed by atoms with Crippen LogP contribution in [0.25, 0.3) is 0 Å². The van der Waals surface area contributed by atoms with E-state index in [-0.39, 0.29) is 12.1 Å². The first-order chi connectivity index (χ1) is 8.56. The molecule has 18 heavy (non-hydrogen) atoms. The largest absolute Gasteiger partial charge is 0.334 e. The second-order valence-corrected chi connectivity index (χ2v) is 4.44. The molecule has 0 bridgehead atoms. The molecule has 0 aliphatic carbocycles. The highest BCUT2D eigenvalue weighted by Gasteiger charge is 2.10. The predicted molar refractivity (Wildman–Crippen MR) is 72.7 cm³/mol. The molecule has 2 N–H and O–H groups in total. The molecule has 0 spiro atoms. The summed E-state index contributed by atoms with van der Waals surface area (Å²) in [7, 11) is 0. The van der Waals surface area contributed by atoms with Crippen LogP contribution in [-0.4, -0.2) is 12.1 Å². The summed E-state index contributed by atoms with van der Waals surface area (Å²) in [4.78, 5) is 11.7. The summed E-state index contributed by atoms with van der Waals surface area (Å²) in [6.07, 6.45) is 1.02. The van der Waals surface area contributed by atoms with Gasteiger partial charge in [-0.15, -0.1) is 0 Å². The molecule has 0 saturated carbocycles. The van der Waals surface area contributed by atoms with E-state index in [2.05, 4.69) is 10.6 Å². The molecule has 0 fully saturated rings. The molecule has 2 amide bonds. The Hall–Kier alpha value is -1.73. The minimum Gasteiger partial charge on any atom is -0.334 e. The Kier molecular flexibility index (Phi) is 5.47. The number of aryl methyl sites for hydroxylation is 1. The van der Waals surface area contributed by atoms with Gasteiger partial charge in [-0.2, -0.15) is 5.26 Å². The second-order valence-electron chi connectivity index (χ2n) is 4.03. The van der Waals surface area contributed by atoms with Crippen LogP contribution in [0.4, 0.5) is 10.5 Å². The summed E-state index contributed by atoms with van der Waals surface area (Å²) in [5, 5.41) is 14.6. The topological polar surface area (TPSA) is 64.9 Å². The van der Waals surface area contributed by atoms with Gasteiger partial charge in [0.25, 0.3) is 0 Å². The van der Waals surface area contributed by atoms with Crippen molar-refractivity contribution in [2.75, 3.05) is 5.32 Å². The van der Waals surface area contributed by atoms with Gasteiger partial charge in [-0.05, 0) is 31.0 Å². The van der Waals surface area contributed by atoms with Crippen molar-refractivity contribution in [1.82, 2.24) is 5.32 Å². The lowest BCUT2D eigenvalue weighted by Crippen LogP contribution is -2.37. The summed E-state index contributed by atoms with van der Waals surface area (Å²) in [5.41, 5.74) is 1.59. The quantitative estimate of drug-likeness (QED) is 0.876. The number of nitrogens with zero attached hydrogens (tertiary/aromatic N) is 1. The molecule has 96 valence electrons. The van der Waals surface area contributed by atoms with Gasteiger partial charge in [-0.25, -0.2) is 4.79 Å². The van der Waals surface area contributed by atoms with E-state index in [1.807, 2.05) is 26.0 Å². The van der Waals surface area contributed by atoms with Gasteiger partial charge in [0.05, 0.1) is 12.5 Å². The molecule has 0 aliphatic heterocycles. The van der Waals surface area contributed by atoms with Gasteiger partial charge in [0, 0.05) is 16.8 Å². The van der Waals surface area contributed by atoms with Gasteiger partial charge in [0.1, 0.15) is 0 Å². The predicted octanol–water partition coefficient (Wildman–Crippen LogP) is 3.46. The first-order valence-electron chi connectivity index (χ1n) is 5.77. The van der Waals surface area contributed by atoms with Crippen LogP contribution in [0, 0.1) is 18.3 Å². The Morgan fingerprint density at radius 3 is 2.83 bits per heavy atom. The van der Waals surface area contributed by atoms with Crippen molar-refractivity contribution in [3.63, 3.8) is 0 Å². The summed E-state index contributed by atoms with van der Waals surface area (Å²) >= 11 is 5.97. The Bertz CT molecular complexity index is 468. The molecule has 1 aromatic carbocycles. The smallest absolute Gasteiger partial charge is 0.319 e. The number of hydrogen-bond acceptors (Lipinski definition) is 2. The number of halogens is 1. The fourth-order valence-corrected chi connectivity index (χ4v) is 1.61. The van der Waals surface area contributed by atoms with E-state index in [9.17, 15) is 4.79 Å². The fourth-order valence-electron chi connectivity index (χ4n) is 1.43. The molecular weight excluding hydrogens is 250 g/mol. The number of nitrogens with one attached hydrogen (secondary N) is 2. The van der Waals surface area contributed by atoms with Crippen LogP contribution in [0.1, 0.15) is 25.3 Å². The number of benzene rings is 1. The zero-order chi connectivity index (χ0) is 13.5. The molecule has 1 unspecified atom stereocenters. The van der Waals surface area contributed by atoms with Crippen LogP contribution in [0.2, 0.25) is 5.02 Å². The molecule has 5 heteroatoms. The van der Waals surface area contributed by atoms with Crippen molar-refractivity contribution in [1.29, 1.82) is 5.26 Å². The fraction of sp³-hybridized carbons (Fsp3) is 0.385. The van der Waals surface area contributed by atoms with Crippen LogP contribution >= 0.6 is 11.6 Å². The molecular formula is C13H16ClN3O. The highest BCUT2D eigenvalue weighted by molar-refractivity contribution is 6.31. The Morgan fingerprint density at radius 1 is 1.56 bits per heavy atom. The maximum atomic E-state index is 11.7. The Morgan fingerprint density at radius 2 is 2.28 bits per heavy atom. The van der Waals surface area contributed by atoms with Crippen molar-refractivity contribution in [3.8, 4) is 6.07 Å². The summed E-state index contributed by atoms with van der Waals surface area (Å²) in [6, 6.07) is 6.91. The third-order valence-electron chi connectivity index (χ3n) is 2.60. The maximum absolute atomic E-state index is 11.7. The van der Waals surface area contributed by atoms with Gasteiger partial charge in [-0.3, -0.25) is 0 Å². The van der Waals surface area contributed by atoms with Gasteiger partial charge in [0.15, 0.2) is 0 Å². The summed E-state index contributed by atoms with van der Waals surface area (Å²) in [5.74, 6) is 0. The van der Waals surface area contributed by atoms with Crippen molar-refractivity contribution in [2.24, 2.45) is 0 Å². The number of anilines is 1. The Balaban J connectivity index is 2.59. The van der Waals surface area contributed by atoms with Crippen molar-refractivity contribution < 1.29 is 4.79 Å². The number of carbonyl (C=O) groups excluding carboxylic acids is 1. The average molecular weight is 266 g/mol. The normalized spacial score (nSPS) is 11.4. The van der Waals surface area contributed by atoms with Crippen LogP contribution in [-0.2, 0) is 0 Å². The second kappa shape index (κ2) is 6.87. The molecule has 1 rings (SSSR count). The van der Waals surface area contributed by atoms with E-state index in [0.29, 0.717) is 17.1 Å². The van der Waals surface area contributed by atoms with E-state index in [1.54, 1.807) is 12.1 Å². The van der Waals surface area contributed by atoms with Crippen molar-refractivity contribution in [3.05, 3.63) is 28.8 Å². The first kappa shape index (κ1) is 14.3. The highest BCUT2D eigenvalue weighted by Crippen LogP contribution is 2.19. The van der Waals surface area contributed by atoms with Crippen LogP contribution in [0.15, 0.2) is 18.2 Å². The van der Waals surface area contributed by atoms with Crippen molar-refractivity contribution >= 4 is 23.3 Å². The number of hydrogen-bond donors (Lipinski definition) is 2. The van der Waals surface area contributed by atoms with E-state index >= 15 is 0 Å². The lowest BCUT2D eigenvalue weighted by atomic mass is 10.2. The number of nitriles is 1. The molecule has 0 aromatic heterocycles. The minimum atomic E-state index is -0.322. The van der Waals surface area contributed by atoms with E-state index < -0.39 is 0 Å². The third-order valence-corrected chi connectivity index (χ3v) is 3.00. The lowest BCUT2D eigenvalue weighted by molar-refractivity contribution is 0.248. The molecule has 4 nitrogen and oxygen atoms in total. The highest BCUT2D eigenvalue weighted by atomic mass is 35.5. The van der Waals surface area contributed by atoms with Gasteiger partial charge < -0.3 is 10.6 Å².